The molecule has 11 nitrogen and oxygen atoms in total. The number of benzene rings is 2. The molecule has 1 saturated heterocycles. The van der Waals surface area contributed by atoms with E-state index in [1.165, 1.54) is 0 Å². The van der Waals surface area contributed by atoms with Crippen molar-refractivity contribution < 1.29 is 48.1 Å². The Morgan fingerprint density at radius 1 is 0.935 bits per heavy atom. The Hall–Kier alpha value is -3.40. The Morgan fingerprint density at radius 2 is 1.55 bits per heavy atom. The molecule has 31 heavy (non-hydrogen) atoms. The molecule has 3 aromatic rings. The average Bonchev–Trinajstić information content (AvgIpc) is 2.70. The summed E-state index contributed by atoms with van der Waals surface area (Å²) in [6.07, 6.45) is 0. The number of aromatic hydroxyl groups is 5. The van der Waals surface area contributed by atoms with Crippen molar-refractivity contribution in [2.24, 2.45) is 5.92 Å². The standard InChI is InChI=1S/C19H17O11P/c1-8-6-27-31(26,28-7-8)30-10-4-11(20)15-14(5-10)29-19(18(25)17(15)24)9-2-12(21)16(23)13(22)3-9/h2-5,8,20-23,25H,6-7H2,1H3. The summed E-state index contributed by atoms with van der Waals surface area (Å²) in [5, 5.41) is 49.0. The maximum atomic E-state index is 12.6. The van der Waals surface area contributed by atoms with Crippen LogP contribution >= 0.6 is 7.82 Å². The van der Waals surface area contributed by atoms with Crippen molar-refractivity contribution in [3.8, 4) is 45.8 Å². The first kappa shape index (κ1) is 20.9. The van der Waals surface area contributed by atoms with Crippen LogP contribution in [-0.2, 0) is 13.6 Å². The molecule has 1 aliphatic heterocycles. The number of phosphoric ester groups is 1. The van der Waals surface area contributed by atoms with Crippen molar-refractivity contribution in [1.82, 2.24) is 0 Å². The Labute approximate surface area is 173 Å². The second-order valence-electron chi connectivity index (χ2n) is 7.02. The fourth-order valence-corrected chi connectivity index (χ4v) is 4.37. The van der Waals surface area contributed by atoms with E-state index in [2.05, 4.69) is 0 Å². The lowest BCUT2D eigenvalue weighted by molar-refractivity contribution is 0.0695. The van der Waals surface area contributed by atoms with Crippen LogP contribution in [0.3, 0.4) is 0 Å². The number of hydrogen-bond donors (Lipinski definition) is 5. The van der Waals surface area contributed by atoms with Crippen molar-refractivity contribution in [2.75, 3.05) is 13.2 Å². The van der Waals surface area contributed by atoms with E-state index in [0.29, 0.717) is 0 Å². The summed E-state index contributed by atoms with van der Waals surface area (Å²) in [5.74, 6) is -4.45. The molecule has 12 heteroatoms. The summed E-state index contributed by atoms with van der Waals surface area (Å²) < 4.78 is 33.6. The van der Waals surface area contributed by atoms with E-state index in [9.17, 15) is 34.9 Å². The monoisotopic (exact) mass is 452 g/mol. The van der Waals surface area contributed by atoms with Crippen molar-refractivity contribution >= 4 is 18.8 Å². The van der Waals surface area contributed by atoms with Gasteiger partial charge >= 0.3 is 7.82 Å². The Bertz CT molecular complexity index is 1260. The van der Waals surface area contributed by atoms with E-state index in [4.69, 9.17) is 18.0 Å². The minimum absolute atomic E-state index is 0.0115. The van der Waals surface area contributed by atoms with Crippen molar-refractivity contribution in [3.05, 3.63) is 34.5 Å². The minimum atomic E-state index is -3.95. The first-order valence-electron chi connectivity index (χ1n) is 8.95. The first-order chi connectivity index (χ1) is 14.6. The molecule has 0 unspecified atom stereocenters. The molecule has 0 radical (unpaired) electrons. The lowest BCUT2D eigenvalue weighted by Crippen LogP contribution is -2.20. The van der Waals surface area contributed by atoms with Gasteiger partial charge in [-0.1, -0.05) is 6.92 Å². The van der Waals surface area contributed by atoms with Crippen LogP contribution in [0.15, 0.2) is 33.5 Å². The van der Waals surface area contributed by atoms with Gasteiger partial charge in [0.1, 0.15) is 22.5 Å². The van der Waals surface area contributed by atoms with E-state index in [1.54, 1.807) is 0 Å². The molecule has 0 saturated carbocycles. The van der Waals surface area contributed by atoms with Crippen LogP contribution in [0.4, 0.5) is 0 Å². The maximum absolute atomic E-state index is 12.6. The van der Waals surface area contributed by atoms with E-state index in [-0.39, 0.29) is 36.0 Å². The van der Waals surface area contributed by atoms with Crippen molar-refractivity contribution in [3.63, 3.8) is 0 Å². The van der Waals surface area contributed by atoms with Crippen LogP contribution in [0.5, 0.6) is 34.5 Å². The summed E-state index contributed by atoms with van der Waals surface area (Å²) in [6.45, 7) is 2.10. The highest BCUT2D eigenvalue weighted by molar-refractivity contribution is 7.49. The molecule has 0 aliphatic carbocycles. The fraction of sp³-hybridized carbons (Fsp3) is 0.211. The highest BCUT2D eigenvalue weighted by Crippen LogP contribution is 2.53. The smallest absolute Gasteiger partial charge is 0.507 e. The van der Waals surface area contributed by atoms with Crippen LogP contribution < -0.4 is 9.95 Å². The number of fused-ring (bicyclic) bond motifs is 1. The van der Waals surface area contributed by atoms with E-state index >= 15 is 0 Å². The predicted molar refractivity (Wildman–Crippen MR) is 106 cm³/mol. The second-order valence-corrected chi connectivity index (χ2v) is 8.62. The molecule has 2 heterocycles. The molecule has 0 amide bonds. The van der Waals surface area contributed by atoms with Crippen molar-refractivity contribution in [2.45, 2.75) is 6.92 Å². The van der Waals surface area contributed by atoms with Crippen molar-refractivity contribution in [1.29, 1.82) is 0 Å². The first-order valence-corrected chi connectivity index (χ1v) is 10.4. The van der Waals surface area contributed by atoms with Gasteiger partial charge in [0.05, 0.1) is 13.2 Å². The summed E-state index contributed by atoms with van der Waals surface area (Å²) in [7, 11) is -3.95. The molecule has 164 valence electrons. The number of phosphoric acid groups is 1. The Balaban J connectivity index is 1.83. The summed E-state index contributed by atoms with van der Waals surface area (Å²) in [4.78, 5) is 12.6. The van der Waals surface area contributed by atoms with Gasteiger partial charge in [-0.2, -0.15) is 0 Å². The van der Waals surface area contributed by atoms with Crippen LogP contribution in [0.1, 0.15) is 6.92 Å². The van der Waals surface area contributed by atoms with Gasteiger partial charge in [-0.25, -0.2) is 4.57 Å². The quantitative estimate of drug-likeness (QED) is 0.291. The molecular weight excluding hydrogens is 435 g/mol. The molecular formula is C19H17O11P. The Morgan fingerprint density at radius 3 is 2.16 bits per heavy atom. The predicted octanol–water partition coefficient (Wildman–Crippen LogP) is 3.16. The van der Waals surface area contributed by atoms with Gasteiger partial charge in [0, 0.05) is 23.6 Å². The van der Waals surface area contributed by atoms with Gasteiger partial charge in [0.15, 0.2) is 23.0 Å². The molecule has 2 aromatic carbocycles. The van der Waals surface area contributed by atoms with Gasteiger partial charge in [-0.05, 0) is 12.1 Å². The summed E-state index contributed by atoms with van der Waals surface area (Å²) in [5.41, 5.74) is -1.43. The minimum Gasteiger partial charge on any atom is -0.507 e. The molecule has 1 fully saturated rings. The van der Waals surface area contributed by atoms with Gasteiger partial charge in [0.25, 0.3) is 0 Å². The SMILES string of the molecule is CC1COP(=O)(Oc2cc(O)c3c(=O)c(O)c(-c4cc(O)c(O)c(O)c4)oc3c2)OC1. The fourth-order valence-electron chi connectivity index (χ4n) is 2.95. The molecule has 1 aliphatic rings. The van der Waals surface area contributed by atoms with Gasteiger partial charge in [-0.15, -0.1) is 0 Å². The maximum Gasteiger partial charge on any atom is 0.530 e. The highest BCUT2D eigenvalue weighted by atomic mass is 31.2. The number of rotatable bonds is 3. The zero-order valence-corrected chi connectivity index (χ0v) is 16.8. The number of phenolic OH excluding ortho intramolecular Hbond substituents is 4. The molecule has 0 spiro atoms. The third-order valence-electron chi connectivity index (χ3n) is 4.51. The molecule has 0 atom stereocenters. The van der Waals surface area contributed by atoms with Gasteiger partial charge < -0.3 is 34.5 Å². The van der Waals surface area contributed by atoms with E-state index < -0.39 is 53.1 Å². The third kappa shape index (κ3) is 3.74. The molecule has 4 rings (SSSR count). The van der Waals surface area contributed by atoms with Crippen LogP contribution in [-0.4, -0.2) is 38.7 Å². The molecule has 1 aromatic heterocycles. The summed E-state index contributed by atoms with van der Waals surface area (Å²) in [6, 6.07) is 4.01. The van der Waals surface area contributed by atoms with Crippen LogP contribution in [0.25, 0.3) is 22.3 Å². The number of hydrogen-bond acceptors (Lipinski definition) is 11. The molecule has 0 bridgehead atoms. The van der Waals surface area contributed by atoms with Gasteiger partial charge in [0.2, 0.25) is 11.2 Å². The van der Waals surface area contributed by atoms with Gasteiger partial charge in [-0.3, -0.25) is 13.8 Å². The highest BCUT2D eigenvalue weighted by Gasteiger charge is 2.35. The second kappa shape index (κ2) is 7.38. The van der Waals surface area contributed by atoms with E-state index in [0.717, 1.165) is 24.3 Å². The topological polar surface area (TPSA) is 176 Å². The zero-order valence-electron chi connectivity index (χ0n) is 15.9. The summed E-state index contributed by atoms with van der Waals surface area (Å²) >= 11 is 0. The largest absolute Gasteiger partial charge is 0.530 e. The zero-order chi connectivity index (χ0) is 22.5. The lowest BCUT2D eigenvalue weighted by atomic mass is 10.1. The normalized spacial score (nSPS) is 21.3. The average molecular weight is 452 g/mol. The molecule has 5 N–H and O–H groups in total. The number of phenols is 4. The third-order valence-corrected chi connectivity index (χ3v) is 5.87. The van der Waals surface area contributed by atoms with E-state index in [1.807, 2.05) is 6.92 Å². The van der Waals surface area contributed by atoms with Crippen LogP contribution in [0.2, 0.25) is 0 Å². The lowest BCUT2D eigenvalue weighted by Gasteiger charge is -2.26. The Kier molecular flexibility index (Phi) is 4.97. The van der Waals surface area contributed by atoms with Crippen LogP contribution in [0, 0.1) is 5.92 Å².